The second-order valence-electron chi connectivity index (χ2n) is 6.83. The molecule has 138 valence electrons. The molecule has 26 heavy (non-hydrogen) atoms. The molecule has 2 aromatic rings. The molecule has 0 saturated heterocycles. The third kappa shape index (κ3) is 4.69. The molecule has 0 spiro atoms. The van der Waals surface area contributed by atoms with E-state index in [0.29, 0.717) is 0 Å². The number of halogens is 1. The van der Waals surface area contributed by atoms with E-state index in [1.165, 1.54) is 18.2 Å². The third-order valence-electron chi connectivity index (χ3n) is 4.17. The smallest absolute Gasteiger partial charge is 0.254 e. The summed E-state index contributed by atoms with van der Waals surface area (Å²) in [6.45, 7) is 8.03. The van der Waals surface area contributed by atoms with Crippen LogP contribution >= 0.6 is 0 Å². The van der Waals surface area contributed by atoms with Gasteiger partial charge in [0.1, 0.15) is 5.82 Å². The molecule has 2 rings (SSSR count). The number of amides is 2. The molecule has 5 heteroatoms. The quantitative estimate of drug-likeness (QED) is 0.804. The Morgan fingerprint density at radius 1 is 0.923 bits per heavy atom. The maximum Gasteiger partial charge on any atom is 0.254 e. The van der Waals surface area contributed by atoms with Crippen molar-refractivity contribution in [3.63, 3.8) is 0 Å². The number of nitrogens with one attached hydrogen (secondary N) is 2. The fourth-order valence-electron chi connectivity index (χ4n) is 2.78. The second kappa shape index (κ2) is 8.61. The zero-order valence-electron chi connectivity index (χ0n) is 15.6. The van der Waals surface area contributed by atoms with E-state index in [9.17, 15) is 14.0 Å². The summed E-state index contributed by atoms with van der Waals surface area (Å²) in [5, 5.41) is 5.38. The van der Waals surface area contributed by atoms with Gasteiger partial charge in [-0.2, -0.15) is 0 Å². The molecule has 0 aliphatic rings. The van der Waals surface area contributed by atoms with E-state index >= 15 is 0 Å². The van der Waals surface area contributed by atoms with Gasteiger partial charge in [0.2, 0.25) is 5.91 Å². The molecule has 4 nitrogen and oxygen atoms in total. The van der Waals surface area contributed by atoms with Crippen molar-refractivity contribution in [1.29, 1.82) is 0 Å². The minimum Gasteiger partial charge on any atom is -0.343 e. The highest BCUT2D eigenvalue weighted by atomic mass is 19.1. The van der Waals surface area contributed by atoms with E-state index in [1.807, 2.05) is 18.2 Å². The molecule has 0 aliphatic heterocycles. The van der Waals surface area contributed by atoms with E-state index in [4.69, 9.17) is 0 Å². The Hall–Kier alpha value is -2.69. The molecule has 2 N–H and O–H groups in total. The molecule has 0 aromatic heterocycles. The van der Waals surface area contributed by atoms with Crippen molar-refractivity contribution < 1.29 is 14.0 Å². The van der Waals surface area contributed by atoms with E-state index in [-0.39, 0.29) is 29.9 Å². The van der Waals surface area contributed by atoms with Crippen molar-refractivity contribution in [1.82, 2.24) is 5.32 Å². The number of carbonyl (C=O) groups is 2. The number of anilines is 1. The number of benzene rings is 2. The van der Waals surface area contributed by atoms with Gasteiger partial charge in [-0.1, -0.05) is 58.0 Å². The van der Waals surface area contributed by atoms with Crippen molar-refractivity contribution in [2.45, 2.75) is 39.5 Å². The van der Waals surface area contributed by atoms with E-state index in [0.717, 1.165) is 16.8 Å². The predicted octanol–water partition coefficient (Wildman–Crippen LogP) is 4.44. The zero-order valence-corrected chi connectivity index (χ0v) is 15.6. The second-order valence-corrected chi connectivity index (χ2v) is 6.83. The number of carbonyl (C=O) groups excluding carboxylic acids is 2. The Balaban J connectivity index is 2.11. The van der Waals surface area contributed by atoms with Gasteiger partial charge in [0.15, 0.2) is 0 Å². The SMILES string of the molecule is CC(C)c1cccc(C(C)C)c1NC(=O)CNC(=O)c1ccccc1F. The lowest BCUT2D eigenvalue weighted by Crippen LogP contribution is -2.33. The number of hydrogen-bond donors (Lipinski definition) is 2. The van der Waals surface area contributed by atoms with E-state index < -0.39 is 11.7 Å². The standard InChI is InChI=1S/C21H25FN2O2/c1-13(2)15-9-7-10-16(14(3)4)20(15)24-19(25)12-23-21(26)17-8-5-6-11-18(17)22/h5-11,13-14H,12H2,1-4H3,(H,23,26)(H,24,25). The molecule has 0 saturated carbocycles. The van der Waals surface area contributed by atoms with Gasteiger partial charge in [-0.25, -0.2) is 4.39 Å². The van der Waals surface area contributed by atoms with Crippen LogP contribution in [-0.2, 0) is 4.79 Å². The summed E-state index contributed by atoms with van der Waals surface area (Å²) in [6.07, 6.45) is 0. The summed E-state index contributed by atoms with van der Waals surface area (Å²) in [6, 6.07) is 11.6. The van der Waals surface area contributed by atoms with E-state index in [2.05, 4.69) is 38.3 Å². The predicted molar refractivity (Wildman–Crippen MR) is 102 cm³/mol. The highest BCUT2D eigenvalue weighted by molar-refractivity contribution is 6.00. The van der Waals surface area contributed by atoms with Crippen LogP contribution in [0.25, 0.3) is 0 Å². The van der Waals surface area contributed by atoms with Gasteiger partial charge in [0, 0.05) is 5.69 Å². The molecule has 2 amide bonds. The third-order valence-corrected chi connectivity index (χ3v) is 4.17. The van der Waals surface area contributed by atoms with Crippen molar-refractivity contribution in [3.8, 4) is 0 Å². The molecule has 0 radical (unpaired) electrons. The Bertz CT molecular complexity index is 774. The highest BCUT2D eigenvalue weighted by Crippen LogP contribution is 2.32. The summed E-state index contributed by atoms with van der Waals surface area (Å²) < 4.78 is 13.6. The average molecular weight is 356 g/mol. The van der Waals surface area contributed by atoms with Gasteiger partial charge in [-0.15, -0.1) is 0 Å². The van der Waals surface area contributed by atoms with Gasteiger partial charge in [-0.3, -0.25) is 9.59 Å². The van der Waals surface area contributed by atoms with Crippen LogP contribution < -0.4 is 10.6 Å². The summed E-state index contributed by atoms with van der Waals surface area (Å²) in [5.74, 6) is -1.07. The largest absolute Gasteiger partial charge is 0.343 e. The molecule has 0 heterocycles. The fraction of sp³-hybridized carbons (Fsp3) is 0.333. The van der Waals surface area contributed by atoms with E-state index in [1.54, 1.807) is 6.07 Å². The van der Waals surface area contributed by atoms with Crippen molar-refractivity contribution in [2.75, 3.05) is 11.9 Å². The van der Waals surface area contributed by atoms with Crippen LogP contribution in [0.3, 0.4) is 0 Å². The lowest BCUT2D eigenvalue weighted by molar-refractivity contribution is -0.115. The molecular formula is C21H25FN2O2. The first-order chi connectivity index (χ1) is 12.3. The van der Waals surface area contributed by atoms with Crippen molar-refractivity contribution in [3.05, 3.63) is 65.0 Å². The first-order valence-electron chi connectivity index (χ1n) is 8.76. The average Bonchev–Trinajstić information content (AvgIpc) is 2.59. The lowest BCUT2D eigenvalue weighted by Gasteiger charge is -2.20. The number of hydrogen-bond acceptors (Lipinski definition) is 2. The molecule has 0 atom stereocenters. The monoisotopic (exact) mass is 356 g/mol. The van der Waals surface area contributed by atoms with Gasteiger partial charge in [-0.05, 0) is 35.1 Å². The Labute approximate surface area is 153 Å². The molecule has 0 unspecified atom stereocenters. The summed E-state index contributed by atoms with van der Waals surface area (Å²) in [7, 11) is 0. The minimum atomic E-state index is -0.613. The van der Waals surface area contributed by atoms with Crippen molar-refractivity contribution >= 4 is 17.5 Å². The van der Waals surface area contributed by atoms with Crippen LogP contribution in [0.1, 0.15) is 61.0 Å². The normalized spacial score (nSPS) is 10.9. The lowest BCUT2D eigenvalue weighted by atomic mass is 9.92. The maximum absolute atomic E-state index is 13.6. The molecule has 2 aromatic carbocycles. The Morgan fingerprint density at radius 3 is 2.04 bits per heavy atom. The first kappa shape index (κ1) is 19.6. The highest BCUT2D eigenvalue weighted by Gasteiger charge is 2.17. The molecular weight excluding hydrogens is 331 g/mol. The minimum absolute atomic E-state index is 0.0780. The van der Waals surface area contributed by atoms with Crippen LogP contribution in [-0.4, -0.2) is 18.4 Å². The number of rotatable bonds is 6. The molecule has 0 aliphatic carbocycles. The Kier molecular flexibility index (Phi) is 6.50. The van der Waals surface area contributed by atoms with Crippen LogP contribution in [0.4, 0.5) is 10.1 Å². The van der Waals surface area contributed by atoms with Gasteiger partial charge in [0.25, 0.3) is 5.91 Å². The van der Waals surface area contributed by atoms with Crippen LogP contribution in [0.5, 0.6) is 0 Å². The van der Waals surface area contributed by atoms with Gasteiger partial charge in [0.05, 0.1) is 12.1 Å². The van der Waals surface area contributed by atoms with Gasteiger partial charge >= 0.3 is 0 Å². The van der Waals surface area contributed by atoms with Crippen LogP contribution in [0.2, 0.25) is 0 Å². The molecule has 0 bridgehead atoms. The molecule has 0 fully saturated rings. The van der Waals surface area contributed by atoms with Gasteiger partial charge < -0.3 is 10.6 Å². The van der Waals surface area contributed by atoms with Crippen LogP contribution in [0.15, 0.2) is 42.5 Å². The fourth-order valence-corrected chi connectivity index (χ4v) is 2.78. The summed E-state index contributed by atoms with van der Waals surface area (Å²) in [4.78, 5) is 24.4. The Morgan fingerprint density at radius 2 is 1.50 bits per heavy atom. The summed E-state index contributed by atoms with van der Waals surface area (Å²) in [5.41, 5.74) is 2.81. The topological polar surface area (TPSA) is 58.2 Å². The first-order valence-corrected chi connectivity index (χ1v) is 8.76. The summed E-state index contributed by atoms with van der Waals surface area (Å²) >= 11 is 0. The number of para-hydroxylation sites is 1. The van der Waals surface area contributed by atoms with Crippen molar-refractivity contribution in [2.24, 2.45) is 0 Å². The zero-order chi connectivity index (χ0) is 19.3. The maximum atomic E-state index is 13.6. The van der Waals surface area contributed by atoms with Crippen LogP contribution in [0, 0.1) is 5.82 Å².